The van der Waals surface area contributed by atoms with Gasteiger partial charge in [-0.15, -0.1) is 0 Å². The molecule has 0 amide bonds. The van der Waals surface area contributed by atoms with Crippen molar-refractivity contribution < 1.29 is 13.3 Å². The molecule has 0 saturated heterocycles. The third-order valence-corrected chi connectivity index (χ3v) is 36.6. The third-order valence-electron chi connectivity index (χ3n) is 36.6. The van der Waals surface area contributed by atoms with Crippen LogP contribution in [0.25, 0.3) is 166 Å². The molecule has 18 aromatic rings. The molecule has 0 aliphatic heterocycles. The number of hydrogen-bond acceptors (Lipinski definition) is 3. The van der Waals surface area contributed by atoms with Gasteiger partial charge in [-0.25, -0.2) is 0 Å². The Kier molecular flexibility index (Phi) is 21.3. The average Bonchev–Trinajstić information content (AvgIpc) is 1.50. The number of benzene rings is 15. The predicted molar refractivity (Wildman–Crippen MR) is 591 cm³/mol. The van der Waals surface area contributed by atoms with Crippen LogP contribution in [0.3, 0.4) is 0 Å². The first kappa shape index (κ1) is 89.1. The third kappa shape index (κ3) is 13.1. The minimum absolute atomic E-state index is 0.0145. The van der Waals surface area contributed by atoms with Crippen molar-refractivity contribution in [1.82, 2.24) is 0 Å². The van der Waals surface area contributed by atoms with E-state index in [1.807, 2.05) is 0 Å². The van der Waals surface area contributed by atoms with Crippen LogP contribution >= 0.6 is 0 Å². The molecule has 3 heteroatoms. The summed E-state index contributed by atoms with van der Waals surface area (Å²) in [5, 5.41) is 7.32. The molecule has 1 unspecified atom stereocenters. The fourth-order valence-corrected chi connectivity index (χ4v) is 29.3. The Labute approximate surface area is 830 Å². The molecule has 25 rings (SSSR count). The normalized spacial score (nSPS) is 16.3. The van der Waals surface area contributed by atoms with Crippen molar-refractivity contribution in [3.05, 3.63) is 355 Å². The molecule has 140 heavy (non-hydrogen) atoms. The second-order valence-corrected chi connectivity index (χ2v) is 46.4. The number of furan rings is 3. The number of fused-ring (bicyclic) bond motifs is 35. The predicted octanol–water partition coefficient (Wildman–Crippen LogP) is 39.6. The van der Waals surface area contributed by atoms with E-state index in [4.69, 9.17) is 13.3 Å². The van der Waals surface area contributed by atoms with Crippen molar-refractivity contribution in [3.8, 4) is 100 Å². The van der Waals surface area contributed by atoms with E-state index < -0.39 is 0 Å². The fourth-order valence-electron chi connectivity index (χ4n) is 29.3. The summed E-state index contributed by atoms with van der Waals surface area (Å²) in [4.78, 5) is 0. The minimum atomic E-state index is -0.379. The largest absolute Gasteiger partial charge is 0.456 e. The highest BCUT2D eigenvalue weighted by Gasteiger charge is 2.52. The zero-order valence-electron chi connectivity index (χ0n) is 85.3. The first-order valence-electron chi connectivity index (χ1n) is 54.3. The van der Waals surface area contributed by atoms with Gasteiger partial charge in [0.15, 0.2) is 0 Å². The maximum absolute atomic E-state index is 7.59. The lowest BCUT2D eigenvalue weighted by Crippen LogP contribution is -2.26. The molecule has 3 heterocycles. The first-order chi connectivity index (χ1) is 68.0. The molecule has 7 aliphatic rings. The van der Waals surface area contributed by atoms with E-state index in [1.165, 1.54) is 344 Å². The molecular weight excluding hydrogens is 1690 g/mol. The van der Waals surface area contributed by atoms with Crippen LogP contribution < -0.4 is 0 Å². The van der Waals surface area contributed by atoms with Gasteiger partial charge in [-0.3, -0.25) is 0 Å². The van der Waals surface area contributed by atoms with E-state index in [9.17, 15) is 0 Å². The Hall–Kier alpha value is -12.3. The molecule has 15 aromatic carbocycles. The number of para-hydroxylation sites is 3. The van der Waals surface area contributed by atoms with Crippen LogP contribution in [-0.2, 0) is 44.3 Å². The standard InChI is InChI=1S/C137H136O3/c1-15-19-23-27-41-69-136(70-42-28-24-20-16-2)105-51-37-31-45-89(105)92-63-57-85(76-114(92)136)84-56-62-90-91-64-59-88(79-108(91)132(7,8)107(90)75-84)101-80-115-120(124-98-48-34-39-53-117(98)139-129(101)124)96-61-55-83(74-113(96)137(115,71-43-29-25-21-17-3)72-44-30-26-22-18-4)73-100(86-58-65-93-102-81-112-103(82-111(102)133(9,10)109(93)77-86)121-106(131(112,5)6)67-68-119-122(121)97-47-33-38-52-116(97)138-119)87-60-66-95-110(78-87)135(13,14)127-123(95)125-99-49-35-40-54-118(99)140-130(125)126-94-46-32-36-50-104(94)134(11,12)128(126)127/h31-40,45-68,74-82,100H,15-30,41-44,69-73H2,1-14H3. The summed E-state index contributed by atoms with van der Waals surface area (Å²) in [5.41, 5.74) is 52.4. The van der Waals surface area contributed by atoms with E-state index in [2.05, 4.69) is 358 Å². The van der Waals surface area contributed by atoms with Gasteiger partial charge < -0.3 is 13.3 Å². The van der Waals surface area contributed by atoms with Crippen LogP contribution in [0.4, 0.5) is 0 Å². The second kappa shape index (κ2) is 33.4. The Morgan fingerprint density at radius 2 is 0.600 bits per heavy atom. The molecule has 7 aliphatic carbocycles. The second-order valence-electron chi connectivity index (χ2n) is 46.4. The molecule has 702 valence electrons. The molecular formula is C137H136O3. The topological polar surface area (TPSA) is 39.4 Å². The van der Waals surface area contributed by atoms with Gasteiger partial charge in [0, 0.05) is 87.3 Å². The van der Waals surface area contributed by atoms with Gasteiger partial charge >= 0.3 is 0 Å². The molecule has 3 nitrogen and oxygen atoms in total. The van der Waals surface area contributed by atoms with Gasteiger partial charge in [0.2, 0.25) is 0 Å². The number of unbranched alkanes of at least 4 members (excludes halogenated alkanes) is 16. The first-order valence-corrected chi connectivity index (χ1v) is 54.3. The van der Waals surface area contributed by atoms with Crippen molar-refractivity contribution in [2.75, 3.05) is 0 Å². The number of hydrogen-bond donors (Lipinski definition) is 0. The summed E-state index contributed by atoms with van der Waals surface area (Å²) in [7, 11) is 0. The SMILES string of the molecule is CCCCCCCC1(CCCCCCC)c2ccccc2-c2ccc(-c3ccc4c(c3)C(C)(C)c3cc(-c5cc6c(c7c5oc5ccccc57)-c5ccc(CC(c7ccc8c(c7)C(C)(C)c7cc9c(cc7-8)C(C)(C)c7ccc8oc%10ccccc%10c8c7-9)c7ccc8c(c7)C(C)(C)c7c9c(c%10oc%11ccccc%11c%10c7-8)-c7ccccc7C9(C)C)cc5C6(CCCCCCC)CCCCCCC)ccc3-4)cc21. The highest BCUT2D eigenvalue weighted by molar-refractivity contribution is 6.22. The van der Waals surface area contributed by atoms with Gasteiger partial charge in [-0.1, -0.05) is 426 Å². The smallest absolute Gasteiger partial charge is 0.144 e. The van der Waals surface area contributed by atoms with E-state index in [-0.39, 0.29) is 43.8 Å². The van der Waals surface area contributed by atoms with E-state index in [0.717, 1.165) is 65.6 Å². The highest BCUT2D eigenvalue weighted by atomic mass is 16.3. The maximum atomic E-state index is 7.59. The van der Waals surface area contributed by atoms with Gasteiger partial charge in [0.1, 0.15) is 33.5 Å². The van der Waals surface area contributed by atoms with Gasteiger partial charge in [-0.05, 0) is 276 Å². The highest BCUT2D eigenvalue weighted by Crippen LogP contribution is 2.67. The Balaban J connectivity index is 0.636. The van der Waals surface area contributed by atoms with Crippen molar-refractivity contribution in [2.45, 2.75) is 301 Å². The van der Waals surface area contributed by atoms with Crippen LogP contribution in [0, 0.1) is 0 Å². The minimum Gasteiger partial charge on any atom is -0.456 e. The quantitative estimate of drug-likeness (QED) is 0.0421. The van der Waals surface area contributed by atoms with Gasteiger partial charge in [0.05, 0.1) is 0 Å². The zero-order valence-corrected chi connectivity index (χ0v) is 85.3. The van der Waals surface area contributed by atoms with E-state index >= 15 is 0 Å². The lowest BCUT2D eigenvalue weighted by Gasteiger charge is -2.34. The van der Waals surface area contributed by atoms with Crippen LogP contribution in [-0.4, -0.2) is 0 Å². The molecule has 1 atom stereocenters. The summed E-state index contributed by atoms with van der Waals surface area (Å²) in [6.45, 7) is 34.4. The molecule has 0 saturated carbocycles. The summed E-state index contributed by atoms with van der Waals surface area (Å²) >= 11 is 0. The molecule has 0 radical (unpaired) electrons. The van der Waals surface area contributed by atoms with Crippen molar-refractivity contribution in [3.63, 3.8) is 0 Å². The Morgan fingerprint density at radius 3 is 1.21 bits per heavy atom. The van der Waals surface area contributed by atoms with E-state index in [1.54, 1.807) is 11.1 Å². The lowest BCUT2D eigenvalue weighted by atomic mass is 9.69. The Bertz CT molecular complexity index is 8110. The molecule has 0 spiro atoms. The van der Waals surface area contributed by atoms with Crippen LogP contribution in [0.5, 0.6) is 0 Å². The van der Waals surface area contributed by atoms with Crippen LogP contribution in [0.1, 0.15) is 352 Å². The average molecular weight is 1830 g/mol. The van der Waals surface area contributed by atoms with Crippen molar-refractivity contribution in [1.29, 1.82) is 0 Å². The molecule has 0 bridgehead atoms. The molecule has 3 aromatic heterocycles. The summed E-state index contributed by atoms with van der Waals surface area (Å²) < 4.78 is 21.6. The van der Waals surface area contributed by atoms with Crippen LogP contribution in [0.15, 0.2) is 274 Å². The summed E-state index contributed by atoms with van der Waals surface area (Å²) in [6, 6.07) is 104. The number of rotatable bonds is 30. The fraction of sp³-hybridized carbons (Fsp3) is 0.343. The van der Waals surface area contributed by atoms with Gasteiger partial charge in [0.25, 0.3) is 0 Å². The molecule has 0 N–H and O–H groups in total. The monoisotopic (exact) mass is 1830 g/mol. The summed E-state index contributed by atoms with van der Waals surface area (Å²) in [5.74, 6) is -0.0244. The molecule has 0 fully saturated rings. The maximum Gasteiger partial charge on any atom is 0.144 e. The zero-order chi connectivity index (χ0) is 95.4. The summed E-state index contributed by atoms with van der Waals surface area (Å²) in [6.07, 6.45) is 30.6. The Morgan fingerprint density at radius 1 is 0.221 bits per heavy atom. The van der Waals surface area contributed by atoms with Crippen molar-refractivity contribution >= 4 is 65.8 Å². The lowest BCUT2D eigenvalue weighted by molar-refractivity contribution is 0.399. The van der Waals surface area contributed by atoms with Crippen molar-refractivity contribution in [2.24, 2.45) is 0 Å². The van der Waals surface area contributed by atoms with Crippen LogP contribution in [0.2, 0.25) is 0 Å². The van der Waals surface area contributed by atoms with E-state index in [0.29, 0.717) is 0 Å². The van der Waals surface area contributed by atoms with Gasteiger partial charge in [-0.2, -0.15) is 0 Å².